The molecule has 1 heterocycles. The van der Waals surface area contributed by atoms with Gasteiger partial charge in [-0.3, -0.25) is 0 Å². The summed E-state index contributed by atoms with van der Waals surface area (Å²) >= 11 is 0. The van der Waals surface area contributed by atoms with E-state index in [4.69, 9.17) is 0 Å². The minimum Gasteiger partial charge on any atom is -1.00 e. The average molecular weight is 280 g/mol. The molecule has 0 saturated carbocycles. The maximum Gasteiger partial charge on any atom is 1.00 e. The fourth-order valence-corrected chi connectivity index (χ4v) is 3.56. The van der Waals surface area contributed by atoms with Gasteiger partial charge in [-0.2, -0.15) is 0 Å². The van der Waals surface area contributed by atoms with Gasteiger partial charge < -0.3 is 17.7 Å². The number of benzene rings is 1. The van der Waals surface area contributed by atoms with E-state index in [-0.39, 0.29) is 31.6 Å². The number of rotatable bonds is 2. The third-order valence-electron chi connectivity index (χ3n) is 2.89. The molecule has 1 aromatic carbocycles. The molecule has 1 aromatic rings. The number of hydrogen-bond donors (Lipinski definition) is 1. The van der Waals surface area contributed by atoms with Crippen LogP contribution < -0.4 is 17.7 Å². The molecule has 0 atom stereocenters. The Morgan fingerprint density at radius 2 is 1.71 bits per heavy atom. The first kappa shape index (κ1) is 14.4. The zero-order chi connectivity index (χ0) is 11.6. The largest absolute Gasteiger partial charge is 1.00 e. The average Bonchev–Trinajstić information content (AvgIpc) is 2.31. The van der Waals surface area contributed by atoms with E-state index in [1.54, 1.807) is 18.2 Å². The van der Waals surface area contributed by atoms with Crippen LogP contribution in [0.25, 0.3) is 0 Å². The maximum absolute atomic E-state index is 14.4. The minimum atomic E-state index is -3.87. The summed E-state index contributed by atoms with van der Waals surface area (Å²) in [6.07, 6.45) is 0.0362. The first-order valence-electron chi connectivity index (χ1n) is 5.26. The summed E-state index contributed by atoms with van der Waals surface area (Å²) in [5, 5.41) is 0.848. The molecule has 3 nitrogen and oxygen atoms in total. The molecule has 0 aromatic heterocycles. The zero-order valence-electron chi connectivity index (χ0n) is 10.2. The van der Waals surface area contributed by atoms with Crippen LogP contribution in [0.5, 0.6) is 0 Å². The van der Waals surface area contributed by atoms with Gasteiger partial charge in [-0.15, -0.1) is 0 Å². The summed E-state index contributed by atoms with van der Waals surface area (Å²) in [4.78, 5) is 0.0689. The molecule has 17 heavy (non-hydrogen) atoms. The molecule has 1 N–H and O–H groups in total. The van der Waals surface area contributed by atoms with E-state index in [2.05, 4.69) is 5.32 Å². The molecule has 1 saturated heterocycles. The van der Waals surface area contributed by atoms with Crippen molar-refractivity contribution in [3.8, 4) is 0 Å². The second kappa shape index (κ2) is 5.33. The van der Waals surface area contributed by atoms with Gasteiger partial charge in [0.15, 0.2) is 0 Å². The molecule has 2 rings (SSSR count). The van der Waals surface area contributed by atoms with Crippen molar-refractivity contribution in [1.82, 2.24) is 5.32 Å². The normalized spacial score (nSPS) is 19.4. The fourth-order valence-electron chi connectivity index (χ4n) is 1.88. The molecule has 0 bridgehead atoms. The Balaban J connectivity index is 0.00000144. The quantitative estimate of drug-likeness (QED) is 0.726. The van der Waals surface area contributed by atoms with Gasteiger partial charge in [-0.1, -0.05) is 18.2 Å². The predicted octanol–water partition coefficient (Wildman–Crippen LogP) is -1.37. The van der Waals surface area contributed by atoms with E-state index in [1.165, 1.54) is 12.1 Å². The van der Waals surface area contributed by atoms with Crippen LogP contribution in [0.3, 0.4) is 0 Å². The van der Waals surface area contributed by atoms with E-state index in [0.717, 1.165) is 0 Å². The molecule has 0 amide bonds. The van der Waals surface area contributed by atoms with Crippen LogP contribution >= 0.6 is 0 Å². The van der Waals surface area contributed by atoms with E-state index in [9.17, 15) is 12.8 Å². The predicted molar refractivity (Wildman–Crippen MR) is 60.7 cm³/mol. The van der Waals surface area contributed by atoms with Crippen molar-refractivity contribution in [2.45, 2.75) is 22.7 Å². The third kappa shape index (κ3) is 2.61. The third-order valence-corrected chi connectivity index (χ3v) is 5.15. The van der Waals surface area contributed by atoms with E-state index >= 15 is 0 Å². The Morgan fingerprint density at radius 1 is 1.18 bits per heavy atom. The van der Waals surface area contributed by atoms with Gasteiger partial charge in [0, 0.05) is 12.8 Å². The van der Waals surface area contributed by atoms with Crippen molar-refractivity contribution in [2.24, 2.45) is 0 Å². The lowest BCUT2D eigenvalue weighted by molar-refractivity contribution is -0.00000647. The van der Waals surface area contributed by atoms with Crippen LogP contribution in [0.15, 0.2) is 35.2 Å². The number of halogens is 2. The minimum absolute atomic E-state index is 0. The van der Waals surface area contributed by atoms with Gasteiger partial charge in [0.2, 0.25) is 14.8 Å². The number of piperidine rings is 1. The molecule has 1 aliphatic heterocycles. The van der Waals surface area contributed by atoms with Crippen LogP contribution in [-0.4, -0.2) is 26.5 Å². The Labute approximate surface area is 108 Å². The highest BCUT2D eigenvalue weighted by Crippen LogP contribution is 2.34. The molecule has 6 heteroatoms. The second-order valence-corrected chi connectivity index (χ2v) is 6.16. The zero-order valence-corrected chi connectivity index (χ0v) is 10.8. The molecule has 0 aliphatic carbocycles. The summed E-state index contributed by atoms with van der Waals surface area (Å²) in [6, 6.07) is 7.82. The highest BCUT2D eigenvalue weighted by molar-refractivity contribution is 7.92. The van der Waals surface area contributed by atoms with Crippen LogP contribution in [0, 0.1) is 0 Å². The maximum atomic E-state index is 14.4. The Morgan fingerprint density at radius 3 is 2.24 bits per heavy atom. The Bertz CT molecular complexity index is 463. The molecular formula is C11H15ClFNO2S. The molecule has 1 aliphatic rings. The number of sulfone groups is 1. The lowest BCUT2D eigenvalue weighted by atomic mass is 10.1. The Hall–Kier alpha value is -0.650. The molecule has 0 radical (unpaired) electrons. The first-order valence-corrected chi connectivity index (χ1v) is 6.74. The van der Waals surface area contributed by atoms with Crippen molar-refractivity contribution in [3.63, 3.8) is 0 Å². The van der Waals surface area contributed by atoms with Crippen molar-refractivity contribution in [3.05, 3.63) is 30.3 Å². The lowest BCUT2D eigenvalue weighted by Gasteiger charge is -2.29. The summed E-state index contributed by atoms with van der Waals surface area (Å²) in [5.74, 6) is 0. The summed E-state index contributed by atoms with van der Waals surface area (Å²) < 4.78 is 38.6. The lowest BCUT2D eigenvalue weighted by Crippen LogP contribution is -3.00. The summed E-state index contributed by atoms with van der Waals surface area (Å²) in [7, 11) is -3.87. The van der Waals surface area contributed by atoms with Crippen LogP contribution in [-0.2, 0) is 9.84 Å². The van der Waals surface area contributed by atoms with E-state index in [1.807, 2.05) is 0 Å². The standard InChI is InChI=1S/C11H14FNO2S.ClH/c12-11(6-8-13-9-7-11)16(14,15)10-4-2-1-3-5-10;/h1-5,13H,6-9H2;1H. The van der Waals surface area contributed by atoms with Crippen molar-refractivity contribution in [2.75, 3.05) is 13.1 Å². The van der Waals surface area contributed by atoms with Gasteiger partial charge in [-0.25, -0.2) is 12.8 Å². The number of hydrogen-bond acceptors (Lipinski definition) is 3. The topological polar surface area (TPSA) is 46.2 Å². The summed E-state index contributed by atoms with van der Waals surface area (Å²) in [6.45, 7) is 0.811. The van der Waals surface area contributed by atoms with E-state index < -0.39 is 14.8 Å². The van der Waals surface area contributed by atoms with Crippen LogP contribution in [0.1, 0.15) is 14.3 Å². The SMILES string of the molecule is O=S(=O)(c1ccccc1)C1(F)CCNCC1.[Cl-].[H+]. The van der Waals surface area contributed by atoms with Gasteiger partial charge >= 0.3 is 1.43 Å². The highest BCUT2D eigenvalue weighted by atomic mass is 35.5. The van der Waals surface area contributed by atoms with Gasteiger partial charge in [0.1, 0.15) is 0 Å². The van der Waals surface area contributed by atoms with Gasteiger partial charge in [-0.05, 0) is 25.2 Å². The smallest absolute Gasteiger partial charge is 1.00 e. The van der Waals surface area contributed by atoms with Crippen molar-refractivity contribution in [1.29, 1.82) is 0 Å². The Kier molecular flexibility index (Phi) is 4.52. The summed E-state index contributed by atoms with van der Waals surface area (Å²) in [5.41, 5.74) is 0. The van der Waals surface area contributed by atoms with Gasteiger partial charge in [0.05, 0.1) is 4.90 Å². The monoisotopic (exact) mass is 279 g/mol. The molecule has 0 spiro atoms. The first-order chi connectivity index (χ1) is 7.56. The molecule has 0 unspecified atom stereocenters. The van der Waals surface area contributed by atoms with Crippen molar-refractivity contribution < 1.29 is 26.6 Å². The second-order valence-electron chi connectivity index (χ2n) is 3.95. The number of alkyl halides is 1. The van der Waals surface area contributed by atoms with Crippen molar-refractivity contribution >= 4 is 9.84 Å². The van der Waals surface area contributed by atoms with Crippen LogP contribution in [0.4, 0.5) is 4.39 Å². The molecular weight excluding hydrogens is 265 g/mol. The van der Waals surface area contributed by atoms with E-state index in [0.29, 0.717) is 13.1 Å². The van der Waals surface area contributed by atoms with Gasteiger partial charge in [0.25, 0.3) is 0 Å². The fraction of sp³-hybridized carbons (Fsp3) is 0.455. The molecule has 96 valence electrons. The highest BCUT2D eigenvalue weighted by Gasteiger charge is 2.45. The number of nitrogens with one attached hydrogen (secondary N) is 1. The molecule has 1 fully saturated rings. The van der Waals surface area contributed by atoms with Crippen LogP contribution in [0.2, 0.25) is 0 Å².